The Hall–Kier alpha value is -3.54. The summed E-state index contributed by atoms with van der Waals surface area (Å²) < 4.78 is 26.0. The SMILES string of the molecule is CCC1c2nc(C(=O)O)ccc2C(=O)OC1C.CCC1c2nc(CC(=O)OC(C)(C)C)ccc2C(=O)OC1C.CSF. The van der Waals surface area contributed by atoms with Gasteiger partial charge in [-0.25, -0.2) is 19.4 Å². The van der Waals surface area contributed by atoms with Crippen LogP contribution in [-0.2, 0) is 25.4 Å². The summed E-state index contributed by atoms with van der Waals surface area (Å²) in [5, 5.41) is 8.90. The molecule has 2 aromatic rings. The van der Waals surface area contributed by atoms with Crippen LogP contribution >= 0.6 is 12.1 Å². The van der Waals surface area contributed by atoms with Crippen LogP contribution in [0.15, 0.2) is 24.3 Å². The molecular formula is C30H39FN2O8S. The number of ether oxygens (including phenoxy) is 3. The molecule has 42 heavy (non-hydrogen) atoms. The molecule has 0 amide bonds. The van der Waals surface area contributed by atoms with Gasteiger partial charge in [0.2, 0.25) is 0 Å². The van der Waals surface area contributed by atoms with Crippen LogP contribution in [0.5, 0.6) is 0 Å². The zero-order valence-electron chi connectivity index (χ0n) is 25.2. The van der Waals surface area contributed by atoms with E-state index in [0.29, 0.717) is 22.5 Å². The number of carbonyl (C=O) groups excluding carboxylic acids is 3. The molecule has 4 atom stereocenters. The van der Waals surface area contributed by atoms with Gasteiger partial charge in [0.05, 0.1) is 34.6 Å². The third kappa shape index (κ3) is 8.98. The minimum absolute atomic E-state index is 0.0379. The Morgan fingerprint density at radius 2 is 1.38 bits per heavy atom. The van der Waals surface area contributed by atoms with E-state index in [1.54, 1.807) is 19.1 Å². The first kappa shape index (κ1) is 34.7. The Kier molecular flexibility index (Phi) is 12.4. The number of cyclic esters (lactones) is 2. The lowest BCUT2D eigenvalue weighted by Crippen LogP contribution is -2.31. The molecule has 2 aliphatic rings. The monoisotopic (exact) mass is 606 g/mol. The summed E-state index contributed by atoms with van der Waals surface area (Å²) in [4.78, 5) is 54.9. The van der Waals surface area contributed by atoms with E-state index in [2.05, 4.69) is 9.97 Å². The standard InChI is InChI=1S/C17H23NO4.C12H13NO4.CH3FS/c1-6-12-10(2)21-16(20)13-8-7-11(18-15(12)13)9-14(19)22-17(3,4)5;1-3-7-6(2)17-12(16)8-4-5-9(11(14)15)13-10(7)8;1-3-2/h7-8,10,12H,6,9H2,1-5H3;4-7H,3H2,1-2H3,(H,14,15);1H3. The van der Waals surface area contributed by atoms with Crippen molar-refractivity contribution in [1.29, 1.82) is 0 Å². The highest BCUT2D eigenvalue weighted by Crippen LogP contribution is 2.33. The van der Waals surface area contributed by atoms with Gasteiger partial charge in [-0.3, -0.25) is 9.78 Å². The maximum atomic E-state index is 11.9. The lowest BCUT2D eigenvalue weighted by Gasteiger charge is -2.29. The molecule has 0 aliphatic carbocycles. The summed E-state index contributed by atoms with van der Waals surface area (Å²) in [5.74, 6) is -2.16. The molecule has 1 N–H and O–H groups in total. The van der Waals surface area contributed by atoms with Gasteiger partial charge in [-0.05, 0) is 71.7 Å². The number of pyridine rings is 2. The van der Waals surface area contributed by atoms with Gasteiger partial charge in [0.15, 0.2) is 0 Å². The molecule has 0 saturated heterocycles. The highest BCUT2D eigenvalue weighted by molar-refractivity contribution is 7.93. The van der Waals surface area contributed by atoms with E-state index < -0.39 is 17.5 Å². The lowest BCUT2D eigenvalue weighted by molar-refractivity contribution is -0.154. The number of carboxylic acids is 1. The predicted molar refractivity (Wildman–Crippen MR) is 155 cm³/mol. The number of carbonyl (C=O) groups is 4. The Bertz CT molecular complexity index is 1300. The molecule has 4 heterocycles. The molecule has 4 unspecified atom stereocenters. The largest absolute Gasteiger partial charge is 0.477 e. The van der Waals surface area contributed by atoms with Gasteiger partial charge in [0.1, 0.15) is 23.5 Å². The van der Waals surface area contributed by atoms with E-state index in [1.165, 1.54) is 18.4 Å². The van der Waals surface area contributed by atoms with Crippen molar-refractivity contribution < 1.29 is 42.4 Å². The van der Waals surface area contributed by atoms with Crippen LogP contribution in [0, 0.1) is 0 Å². The predicted octanol–water partition coefficient (Wildman–Crippen LogP) is 6.08. The first-order valence-corrected chi connectivity index (χ1v) is 14.8. The number of esters is 3. The van der Waals surface area contributed by atoms with Crippen LogP contribution in [0.2, 0.25) is 0 Å². The fraction of sp³-hybridized carbons (Fsp3) is 0.533. The summed E-state index contributed by atoms with van der Waals surface area (Å²) in [6, 6.07) is 6.18. The number of carboxylic acid groups (broad SMARTS) is 1. The van der Waals surface area contributed by atoms with Crippen molar-refractivity contribution in [2.75, 3.05) is 6.26 Å². The van der Waals surface area contributed by atoms with E-state index in [1.807, 2.05) is 41.5 Å². The van der Waals surface area contributed by atoms with Crippen molar-refractivity contribution >= 4 is 36.0 Å². The van der Waals surface area contributed by atoms with Gasteiger partial charge < -0.3 is 19.3 Å². The molecule has 10 nitrogen and oxygen atoms in total. The van der Waals surface area contributed by atoms with Crippen LogP contribution in [0.25, 0.3) is 0 Å². The number of aromatic nitrogens is 2. The van der Waals surface area contributed by atoms with E-state index in [0.717, 1.165) is 18.5 Å². The third-order valence-corrected chi connectivity index (χ3v) is 6.61. The van der Waals surface area contributed by atoms with Gasteiger partial charge in [0, 0.05) is 30.2 Å². The maximum absolute atomic E-state index is 11.9. The van der Waals surface area contributed by atoms with Crippen LogP contribution in [0.3, 0.4) is 0 Å². The van der Waals surface area contributed by atoms with Crippen molar-refractivity contribution in [2.45, 2.75) is 97.4 Å². The Labute approximate surface area is 250 Å². The minimum Gasteiger partial charge on any atom is -0.477 e. The molecule has 230 valence electrons. The smallest absolute Gasteiger partial charge is 0.354 e. The van der Waals surface area contributed by atoms with Gasteiger partial charge in [-0.15, -0.1) is 0 Å². The fourth-order valence-electron chi connectivity index (χ4n) is 4.77. The number of halogens is 1. The summed E-state index contributed by atoms with van der Waals surface area (Å²) in [6.07, 6.45) is 2.58. The van der Waals surface area contributed by atoms with Gasteiger partial charge >= 0.3 is 23.9 Å². The third-order valence-electron chi connectivity index (χ3n) is 6.61. The molecule has 12 heteroatoms. The number of fused-ring (bicyclic) bond motifs is 2. The molecule has 0 fully saturated rings. The van der Waals surface area contributed by atoms with E-state index >= 15 is 0 Å². The second-order valence-corrected chi connectivity index (χ2v) is 11.1. The quantitative estimate of drug-likeness (QED) is 0.312. The minimum atomic E-state index is -1.09. The Balaban J connectivity index is 0.000000275. The second-order valence-electron chi connectivity index (χ2n) is 10.8. The summed E-state index contributed by atoms with van der Waals surface area (Å²) >= 11 is 0.250. The summed E-state index contributed by atoms with van der Waals surface area (Å²) in [5.41, 5.74) is 2.20. The van der Waals surface area contributed by atoms with Crippen LogP contribution in [-0.4, -0.2) is 63.0 Å². The average Bonchev–Trinajstić information content (AvgIpc) is 2.88. The van der Waals surface area contributed by atoms with Crippen molar-refractivity contribution in [3.8, 4) is 0 Å². The van der Waals surface area contributed by atoms with E-state index in [4.69, 9.17) is 19.3 Å². The molecule has 0 bridgehead atoms. The van der Waals surface area contributed by atoms with Crippen molar-refractivity contribution in [1.82, 2.24) is 9.97 Å². The molecule has 2 aliphatic heterocycles. The maximum Gasteiger partial charge on any atom is 0.354 e. The molecular weight excluding hydrogens is 567 g/mol. The average molecular weight is 607 g/mol. The number of aromatic carboxylic acids is 1. The van der Waals surface area contributed by atoms with Crippen LogP contribution in [0.4, 0.5) is 3.89 Å². The molecule has 0 aromatic carbocycles. The van der Waals surface area contributed by atoms with Gasteiger partial charge in [0.25, 0.3) is 0 Å². The molecule has 0 saturated carbocycles. The van der Waals surface area contributed by atoms with Crippen LogP contribution in [0.1, 0.15) is 121 Å². The highest BCUT2D eigenvalue weighted by atomic mass is 32.2. The zero-order valence-corrected chi connectivity index (χ0v) is 26.0. The van der Waals surface area contributed by atoms with Crippen molar-refractivity contribution in [3.63, 3.8) is 0 Å². The second kappa shape index (κ2) is 15.1. The van der Waals surface area contributed by atoms with E-state index in [-0.39, 0.29) is 60.2 Å². The topological polar surface area (TPSA) is 142 Å². The summed E-state index contributed by atoms with van der Waals surface area (Å²) in [7, 11) is 0. The van der Waals surface area contributed by atoms with Crippen LogP contribution < -0.4 is 0 Å². The highest BCUT2D eigenvalue weighted by Gasteiger charge is 2.34. The van der Waals surface area contributed by atoms with Gasteiger partial charge in [-0.1, -0.05) is 13.8 Å². The Morgan fingerprint density at radius 1 is 0.929 bits per heavy atom. The first-order chi connectivity index (χ1) is 19.7. The number of rotatable bonds is 5. The normalized spacial score (nSPS) is 20.7. The zero-order chi connectivity index (χ0) is 31.8. The molecule has 0 spiro atoms. The summed E-state index contributed by atoms with van der Waals surface area (Å²) in [6.45, 7) is 13.1. The van der Waals surface area contributed by atoms with Crippen molar-refractivity contribution in [3.05, 3.63) is 58.2 Å². The van der Waals surface area contributed by atoms with Crippen molar-refractivity contribution in [2.24, 2.45) is 0 Å². The first-order valence-electron chi connectivity index (χ1n) is 13.7. The van der Waals surface area contributed by atoms with Gasteiger partial charge in [-0.2, -0.15) is 3.89 Å². The number of hydrogen-bond donors (Lipinski definition) is 1. The lowest BCUT2D eigenvalue weighted by atomic mass is 9.90. The molecule has 0 radical (unpaired) electrons. The van der Waals surface area contributed by atoms with E-state index in [9.17, 15) is 23.1 Å². The number of hydrogen-bond acceptors (Lipinski definition) is 10. The molecule has 2 aromatic heterocycles. The fourth-order valence-corrected chi connectivity index (χ4v) is 4.77. The number of nitrogens with zero attached hydrogens (tertiary/aromatic N) is 2. The molecule has 4 rings (SSSR count). The Morgan fingerprint density at radius 3 is 1.81 bits per heavy atom.